The predicted octanol–water partition coefficient (Wildman–Crippen LogP) is 2.51. The minimum atomic E-state index is -0.429. The number of hydrogen-bond acceptors (Lipinski definition) is 6. The number of piperazine rings is 1. The van der Waals surface area contributed by atoms with Gasteiger partial charge in [0.2, 0.25) is 5.91 Å². The number of halogens is 1. The Balaban J connectivity index is 1.12. The number of carbonyl (C=O) groups excluding carboxylic acids is 1. The largest absolute Gasteiger partial charge is 0.369 e. The topological polar surface area (TPSA) is 90.4 Å². The summed E-state index contributed by atoms with van der Waals surface area (Å²) < 4.78 is 1.71. The first-order chi connectivity index (χ1) is 16.0. The molecule has 0 atom stereocenters. The SMILES string of the molecule is O=C(CCCn1c(=O)[nH]c2ccsc2c1=O)NCCCN1CCN(c2cccc(Cl)c2)CC1. The summed E-state index contributed by atoms with van der Waals surface area (Å²) in [6, 6.07) is 9.67. The molecule has 10 heteroatoms. The molecule has 176 valence electrons. The number of fused-ring (bicyclic) bond motifs is 1. The Morgan fingerprint density at radius 3 is 2.70 bits per heavy atom. The highest BCUT2D eigenvalue weighted by Crippen LogP contribution is 2.20. The van der Waals surface area contributed by atoms with Crippen molar-refractivity contribution in [3.05, 3.63) is 61.6 Å². The van der Waals surface area contributed by atoms with Crippen LogP contribution in [0.5, 0.6) is 0 Å². The normalized spacial score (nSPS) is 14.6. The number of hydrogen-bond donors (Lipinski definition) is 2. The third kappa shape index (κ3) is 6.04. The molecule has 3 heterocycles. The summed E-state index contributed by atoms with van der Waals surface area (Å²) in [5, 5.41) is 5.48. The summed E-state index contributed by atoms with van der Waals surface area (Å²) >= 11 is 7.40. The molecular weight excluding hydrogens is 462 g/mol. The van der Waals surface area contributed by atoms with Crippen molar-refractivity contribution in [3.63, 3.8) is 0 Å². The summed E-state index contributed by atoms with van der Waals surface area (Å²) in [4.78, 5) is 44.1. The number of aromatic amines is 1. The Morgan fingerprint density at radius 2 is 1.91 bits per heavy atom. The van der Waals surface area contributed by atoms with E-state index in [1.165, 1.54) is 15.9 Å². The molecule has 1 fully saturated rings. The Labute approximate surface area is 200 Å². The van der Waals surface area contributed by atoms with Crippen molar-refractivity contribution in [1.82, 2.24) is 19.8 Å². The van der Waals surface area contributed by atoms with Gasteiger partial charge in [0.05, 0.1) is 5.52 Å². The molecule has 1 aliphatic heterocycles. The van der Waals surface area contributed by atoms with Gasteiger partial charge in [0.15, 0.2) is 0 Å². The average Bonchev–Trinajstić information content (AvgIpc) is 3.28. The monoisotopic (exact) mass is 489 g/mol. The fourth-order valence-electron chi connectivity index (χ4n) is 4.09. The van der Waals surface area contributed by atoms with E-state index < -0.39 is 5.69 Å². The van der Waals surface area contributed by atoms with Gasteiger partial charge in [0, 0.05) is 56.4 Å². The molecule has 1 saturated heterocycles. The Kier molecular flexibility index (Phi) is 7.85. The molecule has 0 unspecified atom stereocenters. The Hall–Kier alpha value is -2.62. The molecule has 0 radical (unpaired) electrons. The van der Waals surface area contributed by atoms with Crippen LogP contribution in [-0.2, 0) is 11.3 Å². The lowest BCUT2D eigenvalue weighted by atomic mass is 10.2. The van der Waals surface area contributed by atoms with Gasteiger partial charge in [-0.2, -0.15) is 0 Å². The third-order valence-corrected chi connectivity index (χ3v) is 7.03. The molecule has 1 aromatic carbocycles. The van der Waals surface area contributed by atoms with Crippen LogP contribution in [0.1, 0.15) is 19.3 Å². The van der Waals surface area contributed by atoms with Crippen LogP contribution in [0, 0.1) is 0 Å². The second kappa shape index (κ2) is 11.0. The van der Waals surface area contributed by atoms with E-state index >= 15 is 0 Å². The highest BCUT2D eigenvalue weighted by atomic mass is 35.5. The van der Waals surface area contributed by atoms with E-state index in [1.54, 1.807) is 11.4 Å². The number of amides is 1. The van der Waals surface area contributed by atoms with Gasteiger partial charge in [-0.3, -0.25) is 19.1 Å². The number of thiophene rings is 1. The molecular formula is C23H28ClN5O3S. The van der Waals surface area contributed by atoms with E-state index in [0.29, 0.717) is 23.2 Å². The first-order valence-corrected chi connectivity index (χ1v) is 12.5. The van der Waals surface area contributed by atoms with Crippen LogP contribution >= 0.6 is 22.9 Å². The van der Waals surface area contributed by atoms with E-state index in [4.69, 9.17) is 11.6 Å². The van der Waals surface area contributed by atoms with Gasteiger partial charge in [-0.05, 0) is 49.0 Å². The van der Waals surface area contributed by atoms with E-state index in [0.717, 1.165) is 49.9 Å². The van der Waals surface area contributed by atoms with Crippen molar-refractivity contribution in [2.24, 2.45) is 0 Å². The molecule has 0 aliphatic carbocycles. The molecule has 0 bridgehead atoms. The summed E-state index contributed by atoms with van der Waals surface area (Å²) in [7, 11) is 0. The van der Waals surface area contributed by atoms with Gasteiger partial charge in [0.25, 0.3) is 5.56 Å². The van der Waals surface area contributed by atoms with Crippen LogP contribution in [0.3, 0.4) is 0 Å². The first kappa shape index (κ1) is 23.5. The zero-order valence-corrected chi connectivity index (χ0v) is 20.0. The molecule has 2 aromatic heterocycles. The number of aromatic nitrogens is 2. The van der Waals surface area contributed by atoms with Crippen LogP contribution in [0.4, 0.5) is 5.69 Å². The molecule has 1 amide bonds. The number of nitrogens with zero attached hydrogens (tertiary/aromatic N) is 3. The Morgan fingerprint density at radius 1 is 1.09 bits per heavy atom. The third-order valence-electron chi connectivity index (χ3n) is 5.90. The van der Waals surface area contributed by atoms with E-state index in [1.807, 2.05) is 18.2 Å². The smallest absolute Gasteiger partial charge is 0.328 e. The number of H-pyrrole nitrogens is 1. The summed E-state index contributed by atoms with van der Waals surface area (Å²) in [6.07, 6.45) is 1.61. The van der Waals surface area contributed by atoms with Gasteiger partial charge in [-0.15, -0.1) is 11.3 Å². The highest BCUT2D eigenvalue weighted by Gasteiger charge is 2.17. The molecule has 4 rings (SSSR count). The number of nitrogens with one attached hydrogen (secondary N) is 2. The zero-order valence-electron chi connectivity index (χ0n) is 18.4. The van der Waals surface area contributed by atoms with Crippen LogP contribution in [0.25, 0.3) is 10.2 Å². The standard InChI is InChI=1S/C23H28ClN5O3S/c24-17-4-1-5-18(16-17)28-13-11-27(12-14-28)9-3-8-25-20(30)6-2-10-29-22(31)21-19(7-15-33-21)26-23(29)32/h1,4-5,7,15-16H,2-3,6,8-14H2,(H,25,30)(H,26,32). The molecule has 1 aliphatic rings. The van der Waals surface area contributed by atoms with Gasteiger partial charge in [-0.1, -0.05) is 17.7 Å². The number of carbonyl (C=O) groups is 1. The van der Waals surface area contributed by atoms with E-state index in [-0.39, 0.29) is 24.4 Å². The molecule has 8 nitrogen and oxygen atoms in total. The molecule has 0 saturated carbocycles. The van der Waals surface area contributed by atoms with Crippen LogP contribution in [-0.4, -0.2) is 59.6 Å². The predicted molar refractivity (Wildman–Crippen MR) is 134 cm³/mol. The summed E-state index contributed by atoms with van der Waals surface area (Å²) in [6.45, 7) is 5.68. The van der Waals surface area contributed by atoms with E-state index in [2.05, 4.69) is 26.2 Å². The molecule has 2 N–H and O–H groups in total. The highest BCUT2D eigenvalue weighted by molar-refractivity contribution is 7.17. The van der Waals surface area contributed by atoms with E-state index in [9.17, 15) is 14.4 Å². The van der Waals surface area contributed by atoms with Crippen molar-refractivity contribution >= 4 is 44.7 Å². The van der Waals surface area contributed by atoms with Crippen LogP contribution in [0.15, 0.2) is 45.3 Å². The molecule has 33 heavy (non-hydrogen) atoms. The van der Waals surface area contributed by atoms with Crippen molar-refractivity contribution < 1.29 is 4.79 Å². The maximum absolute atomic E-state index is 12.4. The van der Waals surface area contributed by atoms with Gasteiger partial charge in [0.1, 0.15) is 4.70 Å². The quantitative estimate of drug-likeness (QED) is 0.451. The molecule has 0 spiro atoms. The fraction of sp³-hybridized carbons (Fsp3) is 0.435. The molecule has 3 aromatic rings. The lowest BCUT2D eigenvalue weighted by Gasteiger charge is -2.36. The second-order valence-electron chi connectivity index (χ2n) is 8.17. The first-order valence-electron chi connectivity index (χ1n) is 11.2. The summed E-state index contributed by atoms with van der Waals surface area (Å²) in [5.74, 6) is -0.0533. The summed E-state index contributed by atoms with van der Waals surface area (Å²) in [5.41, 5.74) is 1.00. The minimum absolute atomic E-state index is 0.0533. The van der Waals surface area contributed by atoms with Crippen molar-refractivity contribution in [2.75, 3.05) is 44.2 Å². The average molecular weight is 490 g/mol. The van der Waals surface area contributed by atoms with Gasteiger partial charge < -0.3 is 15.2 Å². The number of rotatable bonds is 9. The minimum Gasteiger partial charge on any atom is -0.369 e. The zero-order chi connectivity index (χ0) is 23.2. The lowest BCUT2D eigenvalue weighted by Crippen LogP contribution is -2.47. The lowest BCUT2D eigenvalue weighted by molar-refractivity contribution is -0.121. The van der Waals surface area contributed by atoms with Crippen molar-refractivity contribution in [3.8, 4) is 0 Å². The maximum atomic E-state index is 12.4. The van der Waals surface area contributed by atoms with Crippen LogP contribution < -0.4 is 21.5 Å². The van der Waals surface area contributed by atoms with Crippen molar-refractivity contribution in [1.29, 1.82) is 0 Å². The second-order valence-corrected chi connectivity index (χ2v) is 9.52. The van der Waals surface area contributed by atoms with Gasteiger partial charge in [-0.25, -0.2) is 4.79 Å². The number of benzene rings is 1. The van der Waals surface area contributed by atoms with Gasteiger partial charge >= 0.3 is 5.69 Å². The van der Waals surface area contributed by atoms with Crippen LogP contribution in [0.2, 0.25) is 5.02 Å². The fourth-order valence-corrected chi connectivity index (χ4v) is 5.07. The van der Waals surface area contributed by atoms with Crippen molar-refractivity contribution in [2.45, 2.75) is 25.8 Å². The number of anilines is 1. The maximum Gasteiger partial charge on any atom is 0.328 e. The Bertz CT molecular complexity index is 1210.